The molecule has 0 aromatic heterocycles. The SMILES string of the molecule is N#CC(Cc1ccc2c(c1)OCc1cc(F)ccc1-2)NC(=O)[C@@H]1CNCCCO1.O=CO. The molecule has 1 unspecified atom stereocenters. The zero-order valence-electron chi connectivity index (χ0n) is 17.3. The Morgan fingerprint density at radius 3 is 2.91 bits per heavy atom. The first kappa shape index (κ1) is 23.2. The van der Waals surface area contributed by atoms with Crippen molar-refractivity contribution >= 4 is 12.4 Å². The summed E-state index contributed by atoms with van der Waals surface area (Å²) in [6, 6.07) is 11.8. The van der Waals surface area contributed by atoms with E-state index in [9.17, 15) is 14.4 Å². The molecule has 0 bridgehead atoms. The Bertz CT molecular complexity index is 1000. The summed E-state index contributed by atoms with van der Waals surface area (Å²) >= 11 is 0. The quantitative estimate of drug-likeness (QED) is 0.621. The number of hydrogen-bond acceptors (Lipinski definition) is 6. The molecule has 1 amide bonds. The number of carbonyl (C=O) groups excluding carboxylic acids is 1. The molecule has 32 heavy (non-hydrogen) atoms. The van der Waals surface area contributed by atoms with Crippen molar-refractivity contribution in [2.24, 2.45) is 0 Å². The highest BCUT2D eigenvalue weighted by Crippen LogP contribution is 2.38. The summed E-state index contributed by atoms with van der Waals surface area (Å²) in [6.07, 6.45) is 0.628. The van der Waals surface area contributed by atoms with Crippen LogP contribution in [0.1, 0.15) is 17.5 Å². The lowest BCUT2D eigenvalue weighted by Crippen LogP contribution is -2.46. The first-order valence-electron chi connectivity index (χ1n) is 10.2. The number of halogens is 1. The highest BCUT2D eigenvalue weighted by molar-refractivity contribution is 5.81. The summed E-state index contributed by atoms with van der Waals surface area (Å²) in [6.45, 7) is 1.83. The average molecular weight is 441 g/mol. The Labute approximate surface area is 184 Å². The summed E-state index contributed by atoms with van der Waals surface area (Å²) in [4.78, 5) is 20.8. The molecule has 2 atom stereocenters. The van der Waals surface area contributed by atoms with E-state index in [0.29, 0.717) is 31.9 Å². The van der Waals surface area contributed by atoms with Crippen LogP contribution in [0.25, 0.3) is 11.1 Å². The fourth-order valence-corrected chi connectivity index (χ4v) is 3.65. The number of amides is 1. The Hall–Kier alpha value is -3.48. The van der Waals surface area contributed by atoms with E-state index in [2.05, 4.69) is 16.7 Å². The van der Waals surface area contributed by atoms with Crippen LogP contribution >= 0.6 is 0 Å². The van der Waals surface area contributed by atoms with Gasteiger partial charge in [-0.15, -0.1) is 0 Å². The summed E-state index contributed by atoms with van der Waals surface area (Å²) in [5.74, 6) is 0.130. The van der Waals surface area contributed by atoms with Gasteiger partial charge in [0, 0.05) is 30.7 Å². The number of rotatable bonds is 4. The molecule has 2 aliphatic rings. The molecule has 0 radical (unpaired) electrons. The smallest absolute Gasteiger partial charge is 0.290 e. The molecule has 2 heterocycles. The second-order valence-electron chi connectivity index (χ2n) is 7.34. The van der Waals surface area contributed by atoms with Crippen molar-refractivity contribution in [2.45, 2.75) is 31.6 Å². The van der Waals surface area contributed by atoms with Gasteiger partial charge in [0.15, 0.2) is 0 Å². The standard InChI is InChI=1S/C22H22FN3O3.CH2O2/c23-16-3-5-18-15(10-16)13-29-20-9-14(2-4-19(18)20)8-17(11-24)26-22(27)21-12-25-6-1-7-28-21;2-1-3/h2-5,9-10,17,21,25H,1,6-8,12-13H2,(H,26,27);1H,(H,2,3)/t17?,21-;/m0./s1. The third kappa shape index (κ3) is 5.81. The van der Waals surface area contributed by atoms with Crippen molar-refractivity contribution in [3.63, 3.8) is 0 Å². The third-order valence-corrected chi connectivity index (χ3v) is 5.14. The van der Waals surface area contributed by atoms with Crippen molar-refractivity contribution in [1.82, 2.24) is 10.6 Å². The maximum absolute atomic E-state index is 13.4. The number of ether oxygens (including phenoxy) is 2. The van der Waals surface area contributed by atoms with Crippen molar-refractivity contribution < 1.29 is 28.6 Å². The van der Waals surface area contributed by atoms with E-state index in [4.69, 9.17) is 19.4 Å². The van der Waals surface area contributed by atoms with Crippen LogP contribution in [0.2, 0.25) is 0 Å². The van der Waals surface area contributed by atoms with Crippen molar-refractivity contribution in [2.75, 3.05) is 19.7 Å². The largest absolute Gasteiger partial charge is 0.488 e. The summed E-state index contributed by atoms with van der Waals surface area (Å²) in [5, 5.41) is 22.3. The normalized spacial score (nSPS) is 17.6. The van der Waals surface area contributed by atoms with Crippen LogP contribution in [-0.2, 0) is 27.4 Å². The highest BCUT2D eigenvalue weighted by atomic mass is 19.1. The van der Waals surface area contributed by atoms with Crippen LogP contribution < -0.4 is 15.4 Å². The fraction of sp³-hybridized carbons (Fsp3) is 0.348. The monoisotopic (exact) mass is 441 g/mol. The molecule has 9 heteroatoms. The summed E-state index contributed by atoms with van der Waals surface area (Å²) in [5.41, 5.74) is 3.53. The molecule has 0 spiro atoms. The zero-order valence-corrected chi connectivity index (χ0v) is 17.3. The van der Waals surface area contributed by atoms with Crippen molar-refractivity contribution in [3.8, 4) is 22.9 Å². The van der Waals surface area contributed by atoms with Crippen LogP contribution in [-0.4, -0.2) is 49.3 Å². The van der Waals surface area contributed by atoms with Crippen molar-refractivity contribution in [3.05, 3.63) is 53.3 Å². The number of nitriles is 1. The molecule has 0 aliphatic carbocycles. The van der Waals surface area contributed by atoms with Crippen LogP contribution in [0.5, 0.6) is 5.75 Å². The average Bonchev–Trinajstić information content (AvgIpc) is 3.08. The molecule has 8 nitrogen and oxygen atoms in total. The highest BCUT2D eigenvalue weighted by Gasteiger charge is 2.24. The van der Waals surface area contributed by atoms with Gasteiger partial charge in [0.25, 0.3) is 12.4 Å². The van der Waals surface area contributed by atoms with E-state index < -0.39 is 12.1 Å². The fourth-order valence-electron chi connectivity index (χ4n) is 3.65. The molecule has 2 aromatic rings. The number of carboxylic acid groups (broad SMARTS) is 1. The minimum absolute atomic E-state index is 0.250. The molecule has 2 aliphatic heterocycles. The number of nitrogens with zero attached hydrogens (tertiary/aromatic N) is 1. The number of hydrogen-bond donors (Lipinski definition) is 3. The van der Waals surface area contributed by atoms with Gasteiger partial charge in [-0.2, -0.15) is 5.26 Å². The lowest BCUT2D eigenvalue weighted by Gasteiger charge is -2.22. The van der Waals surface area contributed by atoms with Gasteiger partial charge < -0.3 is 25.2 Å². The first-order chi connectivity index (χ1) is 15.5. The van der Waals surface area contributed by atoms with E-state index in [1.807, 2.05) is 18.2 Å². The van der Waals surface area contributed by atoms with Gasteiger partial charge in [0.2, 0.25) is 0 Å². The van der Waals surface area contributed by atoms with Crippen LogP contribution in [0.3, 0.4) is 0 Å². The first-order valence-corrected chi connectivity index (χ1v) is 10.2. The molecule has 1 saturated heterocycles. The van der Waals surface area contributed by atoms with Gasteiger partial charge in [-0.3, -0.25) is 9.59 Å². The van der Waals surface area contributed by atoms with E-state index in [0.717, 1.165) is 35.2 Å². The van der Waals surface area contributed by atoms with Gasteiger partial charge in [-0.1, -0.05) is 18.2 Å². The second kappa shape index (κ2) is 11.2. The second-order valence-corrected chi connectivity index (χ2v) is 7.34. The van der Waals surface area contributed by atoms with Gasteiger partial charge in [-0.25, -0.2) is 4.39 Å². The summed E-state index contributed by atoms with van der Waals surface area (Å²) < 4.78 is 24.8. The molecule has 1 fully saturated rings. The van der Waals surface area contributed by atoms with E-state index in [-0.39, 0.29) is 18.2 Å². The van der Waals surface area contributed by atoms with Gasteiger partial charge in [-0.05, 0) is 42.3 Å². The molecular weight excluding hydrogens is 417 g/mol. The summed E-state index contributed by atoms with van der Waals surface area (Å²) in [7, 11) is 0. The number of carbonyl (C=O) groups is 2. The number of nitrogens with one attached hydrogen (secondary N) is 2. The molecule has 168 valence electrons. The van der Waals surface area contributed by atoms with Gasteiger partial charge in [0.1, 0.15) is 30.3 Å². The third-order valence-electron chi connectivity index (χ3n) is 5.14. The minimum atomic E-state index is -0.669. The van der Waals surface area contributed by atoms with Crippen LogP contribution in [0.4, 0.5) is 4.39 Å². The predicted octanol–water partition coefficient (Wildman–Crippen LogP) is 2.02. The molecule has 0 saturated carbocycles. The Balaban J connectivity index is 0.000000913. The van der Waals surface area contributed by atoms with Crippen LogP contribution in [0.15, 0.2) is 36.4 Å². The molecule has 3 N–H and O–H groups in total. The van der Waals surface area contributed by atoms with Gasteiger partial charge in [0.05, 0.1) is 6.07 Å². The Morgan fingerprint density at radius 1 is 1.34 bits per heavy atom. The lowest BCUT2D eigenvalue weighted by molar-refractivity contribution is -0.132. The predicted molar refractivity (Wildman–Crippen MR) is 113 cm³/mol. The topological polar surface area (TPSA) is 121 Å². The molecule has 2 aromatic carbocycles. The maximum atomic E-state index is 13.4. The van der Waals surface area contributed by atoms with E-state index in [1.165, 1.54) is 12.1 Å². The number of benzene rings is 2. The lowest BCUT2D eigenvalue weighted by atomic mass is 9.94. The maximum Gasteiger partial charge on any atom is 0.290 e. The molecular formula is C23H24FN3O5. The Morgan fingerprint density at radius 2 is 2.12 bits per heavy atom. The molecule has 4 rings (SSSR count). The zero-order chi connectivity index (χ0) is 22.9. The number of fused-ring (bicyclic) bond motifs is 3. The van der Waals surface area contributed by atoms with Crippen LogP contribution in [0, 0.1) is 17.1 Å². The van der Waals surface area contributed by atoms with E-state index >= 15 is 0 Å². The van der Waals surface area contributed by atoms with E-state index in [1.54, 1.807) is 6.07 Å². The van der Waals surface area contributed by atoms with Crippen molar-refractivity contribution in [1.29, 1.82) is 5.26 Å². The Kier molecular flexibility index (Phi) is 8.14. The minimum Gasteiger partial charge on any atom is -0.488 e. The van der Waals surface area contributed by atoms with Gasteiger partial charge >= 0.3 is 0 Å².